The Balaban J connectivity index is 1.99. The molecule has 0 fully saturated rings. The number of carbonyl (C=O) groups is 1. The lowest BCUT2D eigenvalue weighted by Crippen LogP contribution is -2.38. The quantitative estimate of drug-likeness (QED) is 0.762. The lowest BCUT2D eigenvalue weighted by molar-refractivity contribution is -0.128. The highest BCUT2D eigenvalue weighted by atomic mass is 16.5. The van der Waals surface area contributed by atoms with Gasteiger partial charge in [-0.05, 0) is 48.9 Å². The molecule has 2 aromatic carbocycles. The van der Waals surface area contributed by atoms with E-state index in [0.29, 0.717) is 5.75 Å². The molecule has 1 amide bonds. The molecule has 2 atom stereocenters. The van der Waals surface area contributed by atoms with Crippen molar-refractivity contribution in [2.24, 2.45) is 0 Å². The molecule has 0 heterocycles. The number of hydrogen-bond acceptors (Lipinski definition) is 2. The van der Waals surface area contributed by atoms with E-state index in [2.05, 4.69) is 76.3 Å². The van der Waals surface area contributed by atoms with Crippen LogP contribution >= 0.6 is 0 Å². The summed E-state index contributed by atoms with van der Waals surface area (Å²) in [5.41, 5.74) is 3.68. The van der Waals surface area contributed by atoms with Gasteiger partial charge in [0.15, 0.2) is 6.10 Å². The van der Waals surface area contributed by atoms with Gasteiger partial charge < -0.3 is 10.1 Å². The third-order valence-electron chi connectivity index (χ3n) is 4.61. The van der Waals surface area contributed by atoms with Crippen LogP contribution in [-0.2, 0) is 10.2 Å². The van der Waals surface area contributed by atoms with Crippen LogP contribution in [0.5, 0.6) is 5.75 Å². The Morgan fingerprint density at radius 3 is 2.12 bits per heavy atom. The first-order chi connectivity index (χ1) is 12.2. The Hall–Kier alpha value is -2.29. The Bertz CT molecular complexity index is 711. The number of rotatable bonds is 6. The number of benzene rings is 2. The fraction of sp³-hybridized carbons (Fsp3) is 0.435. The molecule has 26 heavy (non-hydrogen) atoms. The zero-order valence-electron chi connectivity index (χ0n) is 16.8. The molecule has 3 heteroatoms. The molecule has 0 radical (unpaired) electrons. The van der Waals surface area contributed by atoms with E-state index in [1.165, 1.54) is 11.1 Å². The molecule has 0 aliphatic carbocycles. The highest BCUT2D eigenvalue weighted by Crippen LogP contribution is 2.25. The summed E-state index contributed by atoms with van der Waals surface area (Å²) >= 11 is 0. The number of nitrogens with one attached hydrogen (secondary N) is 1. The topological polar surface area (TPSA) is 38.3 Å². The molecule has 0 aliphatic heterocycles. The molecule has 3 nitrogen and oxygen atoms in total. The van der Waals surface area contributed by atoms with Crippen molar-refractivity contribution in [1.82, 2.24) is 5.32 Å². The van der Waals surface area contributed by atoms with Gasteiger partial charge in [0.2, 0.25) is 0 Å². The van der Waals surface area contributed by atoms with Gasteiger partial charge in [-0.25, -0.2) is 0 Å². The Morgan fingerprint density at radius 2 is 1.62 bits per heavy atom. The first-order valence-corrected chi connectivity index (χ1v) is 9.35. The summed E-state index contributed by atoms with van der Waals surface area (Å²) < 4.78 is 5.83. The number of carbonyl (C=O) groups excluding carboxylic acids is 1. The second-order valence-electron chi connectivity index (χ2n) is 7.91. The van der Waals surface area contributed by atoms with E-state index in [0.717, 1.165) is 12.0 Å². The van der Waals surface area contributed by atoms with E-state index in [9.17, 15) is 4.79 Å². The summed E-state index contributed by atoms with van der Waals surface area (Å²) in [5.74, 6) is 0.612. The zero-order chi connectivity index (χ0) is 19.3. The first-order valence-electron chi connectivity index (χ1n) is 9.35. The highest BCUT2D eigenvalue weighted by Gasteiger charge is 2.20. The SMILES string of the molecule is CCC(NC(=O)C(C)Oc1ccc(C(C)(C)C)cc1)c1ccc(C)cc1. The number of aryl methyl sites for hydroxylation is 1. The van der Waals surface area contributed by atoms with Crippen molar-refractivity contribution < 1.29 is 9.53 Å². The van der Waals surface area contributed by atoms with Gasteiger partial charge in [0.25, 0.3) is 5.91 Å². The summed E-state index contributed by atoms with van der Waals surface area (Å²) in [5, 5.41) is 3.09. The minimum Gasteiger partial charge on any atom is -0.481 e. The lowest BCUT2D eigenvalue weighted by atomic mass is 9.87. The van der Waals surface area contributed by atoms with Crippen molar-refractivity contribution >= 4 is 5.91 Å². The maximum Gasteiger partial charge on any atom is 0.261 e. The molecule has 2 rings (SSSR count). The van der Waals surface area contributed by atoms with Crippen LogP contribution in [0.2, 0.25) is 0 Å². The van der Waals surface area contributed by atoms with Crippen molar-refractivity contribution in [1.29, 1.82) is 0 Å². The fourth-order valence-corrected chi connectivity index (χ4v) is 2.80. The van der Waals surface area contributed by atoms with Gasteiger partial charge in [-0.2, -0.15) is 0 Å². The second-order valence-corrected chi connectivity index (χ2v) is 7.91. The predicted octanol–water partition coefficient (Wildman–Crippen LogP) is 5.33. The molecule has 0 saturated carbocycles. The third kappa shape index (κ3) is 5.35. The normalized spacial score (nSPS) is 13.8. The standard InChI is InChI=1S/C23H31NO2/c1-7-21(18-10-8-16(2)9-11-18)24-22(25)17(3)26-20-14-12-19(13-15-20)23(4,5)6/h8-15,17,21H,7H2,1-6H3,(H,24,25). The fourth-order valence-electron chi connectivity index (χ4n) is 2.80. The van der Waals surface area contributed by atoms with Crippen LogP contribution in [0.25, 0.3) is 0 Å². The summed E-state index contributed by atoms with van der Waals surface area (Å²) in [4.78, 5) is 12.5. The monoisotopic (exact) mass is 353 g/mol. The van der Waals surface area contributed by atoms with E-state index >= 15 is 0 Å². The van der Waals surface area contributed by atoms with Crippen LogP contribution in [0.4, 0.5) is 0 Å². The molecule has 1 N–H and O–H groups in total. The molecule has 0 aromatic heterocycles. The van der Waals surface area contributed by atoms with Gasteiger partial charge in [-0.1, -0.05) is 69.7 Å². The van der Waals surface area contributed by atoms with Gasteiger partial charge in [0, 0.05) is 0 Å². The van der Waals surface area contributed by atoms with E-state index in [1.807, 2.05) is 12.1 Å². The van der Waals surface area contributed by atoms with Crippen LogP contribution in [-0.4, -0.2) is 12.0 Å². The van der Waals surface area contributed by atoms with Gasteiger partial charge in [0.05, 0.1) is 6.04 Å². The van der Waals surface area contributed by atoms with Crippen LogP contribution in [0.15, 0.2) is 48.5 Å². The predicted molar refractivity (Wildman–Crippen MR) is 108 cm³/mol. The number of ether oxygens (including phenoxy) is 1. The van der Waals surface area contributed by atoms with Crippen molar-refractivity contribution in [3.8, 4) is 5.75 Å². The third-order valence-corrected chi connectivity index (χ3v) is 4.61. The van der Waals surface area contributed by atoms with E-state index < -0.39 is 6.10 Å². The van der Waals surface area contributed by atoms with Crippen molar-refractivity contribution in [2.75, 3.05) is 0 Å². The van der Waals surface area contributed by atoms with Crippen LogP contribution < -0.4 is 10.1 Å². The minimum absolute atomic E-state index is 0.00239. The summed E-state index contributed by atoms with van der Waals surface area (Å²) in [6.07, 6.45) is 0.289. The summed E-state index contributed by atoms with van der Waals surface area (Å²) in [6.45, 7) is 12.4. The van der Waals surface area contributed by atoms with Crippen LogP contribution in [0, 0.1) is 6.92 Å². The second kappa shape index (κ2) is 8.39. The molecular formula is C23H31NO2. The van der Waals surface area contributed by atoms with E-state index in [-0.39, 0.29) is 17.4 Å². The molecule has 140 valence electrons. The van der Waals surface area contributed by atoms with Crippen molar-refractivity contribution in [3.05, 3.63) is 65.2 Å². The smallest absolute Gasteiger partial charge is 0.261 e. The highest BCUT2D eigenvalue weighted by molar-refractivity contribution is 5.81. The van der Waals surface area contributed by atoms with E-state index in [1.54, 1.807) is 6.92 Å². The lowest BCUT2D eigenvalue weighted by Gasteiger charge is -2.22. The number of hydrogen-bond donors (Lipinski definition) is 1. The van der Waals surface area contributed by atoms with Crippen molar-refractivity contribution in [3.63, 3.8) is 0 Å². The molecule has 2 unspecified atom stereocenters. The van der Waals surface area contributed by atoms with Gasteiger partial charge in [0.1, 0.15) is 5.75 Å². The first kappa shape index (κ1) is 20.0. The van der Waals surface area contributed by atoms with Gasteiger partial charge in [-0.3, -0.25) is 4.79 Å². The molecule has 0 aliphatic rings. The summed E-state index contributed by atoms with van der Waals surface area (Å²) in [6, 6.07) is 16.3. The number of amides is 1. The van der Waals surface area contributed by atoms with Crippen LogP contribution in [0.1, 0.15) is 63.8 Å². The zero-order valence-corrected chi connectivity index (χ0v) is 16.8. The summed E-state index contributed by atoms with van der Waals surface area (Å²) in [7, 11) is 0. The maximum absolute atomic E-state index is 12.5. The Labute approximate surface area is 157 Å². The Morgan fingerprint density at radius 1 is 1.04 bits per heavy atom. The molecule has 0 saturated heterocycles. The van der Waals surface area contributed by atoms with Gasteiger partial charge >= 0.3 is 0 Å². The molecule has 2 aromatic rings. The maximum atomic E-state index is 12.5. The average Bonchev–Trinajstić information content (AvgIpc) is 2.60. The average molecular weight is 354 g/mol. The molecular weight excluding hydrogens is 322 g/mol. The van der Waals surface area contributed by atoms with Gasteiger partial charge in [-0.15, -0.1) is 0 Å². The molecule has 0 spiro atoms. The van der Waals surface area contributed by atoms with E-state index in [4.69, 9.17) is 4.74 Å². The Kier molecular flexibility index (Phi) is 6.47. The van der Waals surface area contributed by atoms with Crippen LogP contribution in [0.3, 0.4) is 0 Å². The molecule has 0 bridgehead atoms. The minimum atomic E-state index is -0.546. The largest absolute Gasteiger partial charge is 0.481 e. The van der Waals surface area contributed by atoms with Crippen molar-refractivity contribution in [2.45, 2.75) is 65.5 Å².